The highest BCUT2D eigenvalue weighted by Crippen LogP contribution is 2.06. The fraction of sp³-hybridized carbons (Fsp3) is 0.556. The van der Waals surface area contributed by atoms with Gasteiger partial charge in [0.2, 0.25) is 0 Å². The molecule has 0 aliphatic carbocycles. The number of allylic oxidation sites excluding steroid dienone is 1. The SMILES string of the molecule is CC/C=C(/CC(=O)OC)C(=O)OC. The van der Waals surface area contributed by atoms with E-state index in [0.29, 0.717) is 12.0 Å². The molecular weight excluding hydrogens is 172 g/mol. The molecule has 0 aromatic carbocycles. The molecule has 0 aliphatic rings. The van der Waals surface area contributed by atoms with Crippen molar-refractivity contribution in [3.05, 3.63) is 11.6 Å². The molecule has 4 heteroatoms. The van der Waals surface area contributed by atoms with Crippen molar-refractivity contribution in [2.45, 2.75) is 19.8 Å². The summed E-state index contributed by atoms with van der Waals surface area (Å²) in [5.41, 5.74) is 0.344. The maximum Gasteiger partial charge on any atom is 0.333 e. The lowest BCUT2D eigenvalue weighted by molar-refractivity contribution is -0.143. The lowest BCUT2D eigenvalue weighted by Crippen LogP contribution is -2.10. The van der Waals surface area contributed by atoms with Crippen LogP contribution in [-0.2, 0) is 19.1 Å². The Kier molecular flexibility index (Phi) is 5.59. The molecule has 0 aromatic heterocycles. The summed E-state index contributed by atoms with van der Waals surface area (Å²) in [5.74, 6) is -0.919. The van der Waals surface area contributed by atoms with E-state index in [-0.39, 0.29) is 6.42 Å². The average molecular weight is 186 g/mol. The second-order valence-corrected chi connectivity index (χ2v) is 2.38. The zero-order chi connectivity index (χ0) is 10.3. The van der Waals surface area contributed by atoms with E-state index in [1.807, 2.05) is 6.92 Å². The standard InChI is InChI=1S/C9H14O4/c1-4-5-7(9(11)13-3)6-8(10)12-2/h5H,4,6H2,1-3H3/b7-5-. The van der Waals surface area contributed by atoms with Crippen molar-refractivity contribution in [1.29, 1.82) is 0 Å². The number of carbonyl (C=O) groups excluding carboxylic acids is 2. The van der Waals surface area contributed by atoms with Crippen molar-refractivity contribution in [1.82, 2.24) is 0 Å². The summed E-state index contributed by atoms with van der Waals surface area (Å²) in [6.07, 6.45) is 2.31. The third-order valence-electron chi connectivity index (χ3n) is 1.46. The maximum absolute atomic E-state index is 11.1. The van der Waals surface area contributed by atoms with Gasteiger partial charge in [0.05, 0.1) is 20.6 Å². The topological polar surface area (TPSA) is 52.6 Å². The summed E-state index contributed by atoms with van der Waals surface area (Å²) >= 11 is 0. The number of ether oxygens (including phenoxy) is 2. The summed E-state index contributed by atoms with van der Waals surface area (Å²) in [6, 6.07) is 0. The number of esters is 2. The average Bonchev–Trinajstić information content (AvgIpc) is 2.15. The second-order valence-electron chi connectivity index (χ2n) is 2.38. The van der Waals surface area contributed by atoms with Crippen LogP contribution in [-0.4, -0.2) is 26.2 Å². The van der Waals surface area contributed by atoms with Crippen molar-refractivity contribution in [3.63, 3.8) is 0 Å². The van der Waals surface area contributed by atoms with Crippen LogP contribution in [0.15, 0.2) is 11.6 Å². The number of hydrogen-bond donors (Lipinski definition) is 0. The van der Waals surface area contributed by atoms with Crippen LogP contribution >= 0.6 is 0 Å². The molecule has 0 aliphatic heterocycles. The summed E-state index contributed by atoms with van der Waals surface area (Å²) in [5, 5.41) is 0. The van der Waals surface area contributed by atoms with Gasteiger partial charge in [0.25, 0.3) is 0 Å². The molecule has 0 atom stereocenters. The third kappa shape index (κ3) is 4.30. The van der Waals surface area contributed by atoms with Gasteiger partial charge in [0, 0.05) is 5.57 Å². The van der Waals surface area contributed by atoms with E-state index in [0.717, 1.165) is 0 Å². The van der Waals surface area contributed by atoms with Gasteiger partial charge >= 0.3 is 11.9 Å². The zero-order valence-corrected chi connectivity index (χ0v) is 8.12. The minimum atomic E-state index is -0.479. The number of rotatable bonds is 4. The Morgan fingerprint density at radius 2 is 1.85 bits per heavy atom. The number of carbonyl (C=O) groups is 2. The van der Waals surface area contributed by atoms with Crippen molar-refractivity contribution in [3.8, 4) is 0 Å². The summed E-state index contributed by atoms with van der Waals surface area (Å²) in [4.78, 5) is 21.9. The van der Waals surface area contributed by atoms with Crippen LogP contribution in [0.3, 0.4) is 0 Å². The van der Waals surface area contributed by atoms with E-state index >= 15 is 0 Å². The molecule has 0 rings (SSSR count). The second kappa shape index (κ2) is 6.22. The Morgan fingerprint density at radius 3 is 2.23 bits per heavy atom. The van der Waals surface area contributed by atoms with Gasteiger partial charge in [-0.25, -0.2) is 4.79 Å². The lowest BCUT2D eigenvalue weighted by Gasteiger charge is -2.03. The van der Waals surface area contributed by atoms with Gasteiger partial charge in [-0.2, -0.15) is 0 Å². The van der Waals surface area contributed by atoms with Gasteiger partial charge in [-0.05, 0) is 6.42 Å². The first kappa shape index (κ1) is 11.7. The minimum Gasteiger partial charge on any atom is -0.469 e. The Morgan fingerprint density at radius 1 is 1.23 bits per heavy atom. The highest BCUT2D eigenvalue weighted by Gasteiger charge is 2.13. The monoisotopic (exact) mass is 186 g/mol. The highest BCUT2D eigenvalue weighted by atomic mass is 16.5. The maximum atomic E-state index is 11.1. The molecule has 0 unspecified atom stereocenters. The molecule has 74 valence electrons. The number of hydrogen-bond acceptors (Lipinski definition) is 4. The van der Waals surface area contributed by atoms with Crippen LogP contribution in [0, 0.1) is 0 Å². The van der Waals surface area contributed by atoms with Crippen molar-refractivity contribution < 1.29 is 19.1 Å². The summed E-state index contributed by atoms with van der Waals surface area (Å²) in [7, 11) is 2.56. The molecule has 0 radical (unpaired) electrons. The van der Waals surface area contributed by atoms with Gasteiger partial charge in [-0.3, -0.25) is 4.79 Å². The van der Waals surface area contributed by atoms with Gasteiger partial charge in [0.1, 0.15) is 0 Å². The third-order valence-corrected chi connectivity index (χ3v) is 1.46. The predicted molar refractivity (Wildman–Crippen MR) is 47.0 cm³/mol. The van der Waals surface area contributed by atoms with Crippen molar-refractivity contribution in [2.24, 2.45) is 0 Å². The highest BCUT2D eigenvalue weighted by molar-refractivity contribution is 5.93. The molecule has 0 heterocycles. The molecule has 0 fully saturated rings. The smallest absolute Gasteiger partial charge is 0.333 e. The number of methoxy groups -OCH3 is 2. The Bertz CT molecular complexity index is 218. The van der Waals surface area contributed by atoms with Crippen LogP contribution in [0.1, 0.15) is 19.8 Å². The van der Waals surface area contributed by atoms with Crippen molar-refractivity contribution >= 4 is 11.9 Å². The van der Waals surface area contributed by atoms with E-state index in [1.54, 1.807) is 6.08 Å². The molecule has 4 nitrogen and oxygen atoms in total. The molecule has 0 amide bonds. The van der Waals surface area contributed by atoms with Gasteiger partial charge in [0.15, 0.2) is 0 Å². The van der Waals surface area contributed by atoms with Crippen LogP contribution in [0.25, 0.3) is 0 Å². The molecule has 0 aromatic rings. The summed E-state index contributed by atoms with van der Waals surface area (Å²) < 4.78 is 8.93. The first-order valence-electron chi connectivity index (χ1n) is 3.99. The normalized spacial score (nSPS) is 10.8. The van der Waals surface area contributed by atoms with Crippen LogP contribution < -0.4 is 0 Å². The molecule has 0 spiro atoms. The van der Waals surface area contributed by atoms with Crippen LogP contribution in [0.2, 0.25) is 0 Å². The molecule has 13 heavy (non-hydrogen) atoms. The first-order chi connectivity index (χ1) is 6.15. The van der Waals surface area contributed by atoms with Crippen molar-refractivity contribution in [2.75, 3.05) is 14.2 Å². The Hall–Kier alpha value is -1.32. The fourth-order valence-corrected chi connectivity index (χ4v) is 0.833. The Balaban J connectivity index is 4.36. The molecule has 0 saturated heterocycles. The Labute approximate surface area is 77.5 Å². The van der Waals surface area contributed by atoms with Crippen LogP contribution in [0.5, 0.6) is 0 Å². The van der Waals surface area contributed by atoms with E-state index in [2.05, 4.69) is 9.47 Å². The quantitative estimate of drug-likeness (QED) is 0.486. The fourth-order valence-electron chi connectivity index (χ4n) is 0.833. The molecule has 0 N–H and O–H groups in total. The van der Waals surface area contributed by atoms with E-state index in [9.17, 15) is 9.59 Å². The first-order valence-corrected chi connectivity index (χ1v) is 3.99. The largest absolute Gasteiger partial charge is 0.469 e. The van der Waals surface area contributed by atoms with Gasteiger partial charge in [-0.15, -0.1) is 0 Å². The summed E-state index contributed by atoms with van der Waals surface area (Å²) in [6.45, 7) is 1.88. The van der Waals surface area contributed by atoms with E-state index in [1.165, 1.54) is 14.2 Å². The minimum absolute atomic E-state index is 0.0307. The molecular formula is C9H14O4. The van der Waals surface area contributed by atoms with Gasteiger partial charge < -0.3 is 9.47 Å². The molecule has 0 bridgehead atoms. The van der Waals surface area contributed by atoms with E-state index in [4.69, 9.17) is 0 Å². The van der Waals surface area contributed by atoms with Crippen LogP contribution in [0.4, 0.5) is 0 Å². The lowest BCUT2D eigenvalue weighted by atomic mass is 10.1. The predicted octanol–water partition coefficient (Wildman–Crippen LogP) is 1.06. The van der Waals surface area contributed by atoms with E-state index < -0.39 is 11.9 Å². The van der Waals surface area contributed by atoms with Gasteiger partial charge in [-0.1, -0.05) is 13.0 Å². The molecule has 0 saturated carbocycles. The zero-order valence-electron chi connectivity index (χ0n) is 8.12.